The second-order valence-electron chi connectivity index (χ2n) is 4.90. The first-order valence-corrected chi connectivity index (χ1v) is 8.37. The Bertz CT molecular complexity index is 600. The number of nitrogens with zero attached hydrogens (tertiary/aromatic N) is 1. The standard InChI is InChI=1S/C15H23FN2O2S/c1-5-7-18(8-6-2)21(19,20)14-9-12(3)15(16)13(10-14)11-17-4/h5,9-10,17H,1,6-8,11H2,2-4H3. The zero-order chi connectivity index (χ0) is 16.0. The zero-order valence-electron chi connectivity index (χ0n) is 12.8. The van der Waals surface area contributed by atoms with E-state index in [4.69, 9.17) is 0 Å². The van der Waals surface area contributed by atoms with Crippen LogP contribution in [0.15, 0.2) is 29.7 Å². The van der Waals surface area contributed by atoms with Crippen LogP contribution in [0.3, 0.4) is 0 Å². The van der Waals surface area contributed by atoms with Gasteiger partial charge >= 0.3 is 0 Å². The second kappa shape index (κ2) is 7.68. The van der Waals surface area contributed by atoms with Gasteiger partial charge in [-0.3, -0.25) is 0 Å². The van der Waals surface area contributed by atoms with Crippen molar-refractivity contribution >= 4 is 10.0 Å². The van der Waals surface area contributed by atoms with Crippen LogP contribution in [0.4, 0.5) is 4.39 Å². The molecular weight excluding hydrogens is 291 g/mol. The van der Waals surface area contributed by atoms with Crippen LogP contribution in [-0.2, 0) is 16.6 Å². The molecule has 6 heteroatoms. The first kappa shape index (κ1) is 17.8. The second-order valence-corrected chi connectivity index (χ2v) is 6.83. The van der Waals surface area contributed by atoms with Crippen LogP contribution in [0.2, 0.25) is 0 Å². The third kappa shape index (κ3) is 4.12. The lowest BCUT2D eigenvalue weighted by Crippen LogP contribution is -2.32. The van der Waals surface area contributed by atoms with Crippen LogP contribution in [0, 0.1) is 12.7 Å². The molecule has 0 saturated carbocycles. The lowest BCUT2D eigenvalue weighted by atomic mass is 10.1. The Kier molecular flexibility index (Phi) is 6.51. The Hall–Kier alpha value is -1.24. The molecule has 4 nitrogen and oxygen atoms in total. The van der Waals surface area contributed by atoms with E-state index in [1.165, 1.54) is 16.4 Å². The maximum atomic E-state index is 14.0. The van der Waals surface area contributed by atoms with E-state index in [2.05, 4.69) is 11.9 Å². The SMILES string of the molecule is C=CCN(CCC)S(=O)(=O)c1cc(C)c(F)c(CNC)c1. The average molecular weight is 314 g/mol. The summed E-state index contributed by atoms with van der Waals surface area (Å²) in [6, 6.07) is 2.79. The van der Waals surface area contributed by atoms with Crippen LogP contribution < -0.4 is 5.32 Å². The summed E-state index contributed by atoms with van der Waals surface area (Å²) in [5.41, 5.74) is 0.683. The lowest BCUT2D eigenvalue weighted by molar-refractivity contribution is 0.441. The topological polar surface area (TPSA) is 49.4 Å². The molecule has 0 aliphatic rings. The molecule has 0 amide bonds. The van der Waals surface area contributed by atoms with Gasteiger partial charge in [0.15, 0.2) is 0 Å². The van der Waals surface area contributed by atoms with Gasteiger partial charge in [-0.2, -0.15) is 4.31 Å². The van der Waals surface area contributed by atoms with E-state index in [1.54, 1.807) is 20.0 Å². The van der Waals surface area contributed by atoms with Crippen molar-refractivity contribution in [3.05, 3.63) is 41.7 Å². The Morgan fingerprint density at radius 2 is 2.10 bits per heavy atom. The van der Waals surface area contributed by atoms with Crippen molar-refractivity contribution in [2.45, 2.75) is 31.7 Å². The molecule has 0 atom stereocenters. The Morgan fingerprint density at radius 3 is 2.62 bits per heavy atom. The molecule has 0 aliphatic heterocycles. The van der Waals surface area contributed by atoms with Crippen LogP contribution in [0.5, 0.6) is 0 Å². The van der Waals surface area contributed by atoms with E-state index in [9.17, 15) is 12.8 Å². The summed E-state index contributed by atoms with van der Waals surface area (Å²) in [5, 5.41) is 2.85. The number of hydrogen-bond donors (Lipinski definition) is 1. The number of benzene rings is 1. The highest BCUT2D eigenvalue weighted by Crippen LogP contribution is 2.22. The summed E-state index contributed by atoms with van der Waals surface area (Å²) >= 11 is 0. The quantitative estimate of drug-likeness (QED) is 0.750. The summed E-state index contributed by atoms with van der Waals surface area (Å²) < 4.78 is 40.7. The fourth-order valence-corrected chi connectivity index (χ4v) is 3.77. The summed E-state index contributed by atoms with van der Waals surface area (Å²) in [4.78, 5) is 0.127. The fourth-order valence-electron chi connectivity index (χ4n) is 2.13. The van der Waals surface area contributed by atoms with Crippen molar-refractivity contribution in [3.8, 4) is 0 Å². The molecule has 1 N–H and O–H groups in total. The van der Waals surface area contributed by atoms with Gasteiger partial charge in [0.2, 0.25) is 10.0 Å². The van der Waals surface area contributed by atoms with E-state index in [0.717, 1.165) is 0 Å². The molecule has 21 heavy (non-hydrogen) atoms. The Balaban J connectivity index is 3.32. The van der Waals surface area contributed by atoms with Crippen LogP contribution in [0.1, 0.15) is 24.5 Å². The van der Waals surface area contributed by atoms with Gasteiger partial charge < -0.3 is 5.32 Å². The molecule has 0 bridgehead atoms. The number of halogens is 1. The molecule has 0 radical (unpaired) electrons. The molecule has 0 aromatic heterocycles. The molecule has 1 aromatic carbocycles. The molecule has 0 aliphatic carbocycles. The van der Waals surface area contributed by atoms with E-state index >= 15 is 0 Å². The number of hydrogen-bond acceptors (Lipinski definition) is 3. The highest BCUT2D eigenvalue weighted by Gasteiger charge is 2.24. The Morgan fingerprint density at radius 1 is 1.43 bits per heavy atom. The van der Waals surface area contributed by atoms with E-state index in [0.29, 0.717) is 24.1 Å². The predicted molar refractivity (Wildman–Crippen MR) is 83.1 cm³/mol. The highest BCUT2D eigenvalue weighted by atomic mass is 32.2. The third-order valence-electron chi connectivity index (χ3n) is 3.11. The minimum absolute atomic E-state index is 0.127. The van der Waals surface area contributed by atoms with E-state index < -0.39 is 10.0 Å². The van der Waals surface area contributed by atoms with E-state index in [1.807, 2.05) is 6.92 Å². The van der Waals surface area contributed by atoms with Crippen molar-refractivity contribution < 1.29 is 12.8 Å². The lowest BCUT2D eigenvalue weighted by Gasteiger charge is -2.21. The third-order valence-corrected chi connectivity index (χ3v) is 4.96. The smallest absolute Gasteiger partial charge is 0.243 e. The van der Waals surface area contributed by atoms with Crippen LogP contribution in [-0.4, -0.2) is 32.9 Å². The van der Waals surface area contributed by atoms with Gasteiger partial charge in [0, 0.05) is 25.2 Å². The summed E-state index contributed by atoms with van der Waals surface area (Å²) in [5.74, 6) is -0.367. The summed E-state index contributed by atoms with van der Waals surface area (Å²) in [7, 11) is -1.95. The molecule has 0 unspecified atom stereocenters. The van der Waals surface area contributed by atoms with Gasteiger partial charge in [-0.25, -0.2) is 12.8 Å². The zero-order valence-corrected chi connectivity index (χ0v) is 13.6. The normalized spacial score (nSPS) is 11.9. The Labute approximate surface area is 126 Å². The predicted octanol–water partition coefficient (Wildman–Crippen LogP) is 2.44. The van der Waals surface area contributed by atoms with Crippen molar-refractivity contribution in [1.29, 1.82) is 0 Å². The van der Waals surface area contributed by atoms with Gasteiger partial charge in [0.25, 0.3) is 0 Å². The molecule has 1 rings (SSSR count). The molecule has 0 spiro atoms. The van der Waals surface area contributed by atoms with Crippen molar-refractivity contribution in [2.75, 3.05) is 20.1 Å². The maximum absolute atomic E-state index is 14.0. The summed E-state index contributed by atoms with van der Waals surface area (Å²) in [6.45, 7) is 8.01. The van der Waals surface area contributed by atoms with Crippen LogP contribution >= 0.6 is 0 Å². The van der Waals surface area contributed by atoms with Crippen LogP contribution in [0.25, 0.3) is 0 Å². The van der Waals surface area contributed by atoms with Gasteiger partial charge in [-0.1, -0.05) is 13.0 Å². The van der Waals surface area contributed by atoms with Crippen molar-refractivity contribution in [1.82, 2.24) is 9.62 Å². The minimum Gasteiger partial charge on any atom is -0.316 e. The van der Waals surface area contributed by atoms with E-state index in [-0.39, 0.29) is 23.8 Å². The molecule has 1 aromatic rings. The monoisotopic (exact) mass is 314 g/mol. The highest BCUT2D eigenvalue weighted by molar-refractivity contribution is 7.89. The summed E-state index contributed by atoms with van der Waals surface area (Å²) in [6.07, 6.45) is 2.26. The van der Waals surface area contributed by atoms with Gasteiger partial charge in [-0.15, -0.1) is 6.58 Å². The fraction of sp³-hybridized carbons (Fsp3) is 0.467. The van der Waals surface area contributed by atoms with Crippen molar-refractivity contribution in [2.24, 2.45) is 0 Å². The molecule has 118 valence electrons. The first-order valence-electron chi connectivity index (χ1n) is 6.93. The van der Waals surface area contributed by atoms with Gasteiger partial charge in [-0.05, 0) is 38.1 Å². The number of rotatable bonds is 8. The average Bonchev–Trinajstić information content (AvgIpc) is 2.43. The minimum atomic E-state index is -3.64. The molecular formula is C15H23FN2O2S. The number of aryl methyl sites for hydroxylation is 1. The number of nitrogens with one attached hydrogen (secondary N) is 1. The van der Waals surface area contributed by atoms with Gasteiger partial charge in [0.05, 0.1) is 4.90 Å². The molecule has 0 fully saturated rings. The number of sulfonamides is 1. The van der Waals surface area contributed by atoms with Gasteiger partial charge in [0.1, 0.15) is 5.82 Å². The molecule has 0 saturated heterocycles. The maximum Gasteiger partial charge on any atom is 0.243 e. The largest absolute Gasteiger partial charge is 0.316 e. The first-order chi connectivity index (χ1) is 9.88. The molecule has 0 heterocycles. The van der Waals surface area contributed by atoms with Crippen molar-refractivity contribution in [3.63, 3.8) is 0 Å².